The summed E-state index contributed by atoms with van der Waals surface area (Å²) in [6, 6.07) is 6.01. The molecular formula is C60H79F4LiN12O13P2U. The number of alkyl halides is 4. The molecule has 0 radical (unpaired) electrons. The molecule has 4 saturated carbocycles. The van der Waals surface area contributed by atoms with Crippen molar-refractivity contribution in [2.75, 3.05) is 40.1 Å². The number of ether oxygens (including phenoxy) is 3. The molecule has 4 aliphatic rings. The van der Waals surface area contributed by atoms with Crippen LogP contribution in [0.3, 0.4) is 0 Å². The number of hydrogen-bond acceptors (Lipinski definition) is 18. The zero-order chi connectivity index (χ0) is 65.2. The second-order valence-corrected chi connectivity index (χ2v) is 24.4. The quantitative estimate of drug-likeness (QED) is 0.0223. The van der Waals surface area contributed by atoms with Crippen molar-refractivity contribution in [3.8, 4) is 22.9 Å². The summed E-state index contributed by atoms with van der Waals surface area (Å²) in [6.45, 7) is 13.7. The average molecular weight is 1560 g/mol. The zero-order valence-electron chi connectivity index (χ0n) is 54.2. The number of nitrogens with one attached hydrogen (secondary N) is 2. The van der Waals surface area contributed by atoms with Crippen LogP contribution in [-0.4, -0.2) is 118 Å². The van der Waals surface area contributed by atoms with E-state index in [2.05, 4.69) is 40.8 Å². The van der Waals surface area contributed by atoms with Crippen molar-refractivity contribution < 1.29 is 130 Å². The first-order valence-electron chi connectivity index (χ1n) is 30.0. The Bertz CT molecular complexity index is 3500. The number of aliphatic carboxylic acids is 1. The van der Waals surface area contributed by atoms with Crippen molar-refractivity contribution >= 4 is 78.7 Å². The van der Waals surface area contributed by atoms with E-state index in [1.807, 2.05) is 0 Å². The number of carboxylic acid groups (broad SMARTS) is 1. The Morgan fingerprint density at radius 3 is 1.37 bits per heavy atom. The fourth-order valence-electron chi connectivity index (χ4n) is 10.2. The maximum absolute atomic E-state index is 13.9. The summed E-state index contributed by atoms with van der Waals surface area (Å²) in [5.41, 5.74) is -2.19. The van der Waals surface area contributed by atoms with Gasteiger partial charge in [0, 0.05) is 80.1 Å². The monoisotopic (exact) mass is 1560 g/mol. The van der Waals surface area contributed by atoms with Crippen molar-refractivity contribution in [2.45, 2.75) is 162 Å². The van der Waals surface area contributed by atoms with E-state index in [1.54, 1.807) is 82.6 Å². The number of amides is 4. The summed E-state index contributed by atoms with van der Waals surface area (Å²) >= 11 is 0. The molecule has 0 spiro atoms. The fourth-order valence-corrected chi connectivity index (χ4v) is 10.2. The summed E-state index contributed by atoms with van der Waals surface area (Å²) in [6.07, 6.45) is 9.11. The second kappa shape index (κ2) is 34.4. The third-order valence-electron chi connectivity index (χ3n) is 15.1. The van der Waals surface area contributed by atoms with E-state index in [0.717, 1.165) is 38.2 Å². The molecule has 0 aliphatic heterocycles. The van der Waals surface area contributed by atoms with Crippen LogP contribution >= 0.6 is 19.7 Å². The molecule has 4 fully saturated rings. The molecule has 4 N–H and O–H groups in total. The average Bonchev–Trinajstić information content (AvgIpc) is 1.78. The molecule has 4 amide bonds. The van der Waals surface area contributed by atoms with Crippen LogP contribution in [0.5, 0.6) is 0 Å². The molecule has 0 saturated heterocycles. The first-order valence-corrected chi connectivity index (χ1v) is 29.4. The number of halogens is 4. The molecule has 0 bridgehead atoms. The van der Waals surface area contributed by atoms with Gasteiger partial charge in [-0.25, -0.2) is 47.1 Å². The summed E-state index contributed by atoms with van der Waals surface area (Å²) in [7, 11) is 1.67. The van der Waals surface area contributed by atoms with Crippen LogP contribution < -0.4 is 39.3 Å². The van der Waals surface area contributed by atoms with Gasteiger partial charge in [-0.3, -0.25) is 38.3 Å². The van der Waals surface area contributed by atoms with Crippen LogP contribution in [0.15, 0.2) is 70.4 Å². The first-order chi connectivity index (χ1) is 42.8. The van der Waals surface area contributed by atoms with E-state index in [9.17, 15) is 51.4 Å². The van der Waals surface area contributed by atoms with Gasteiger partial charge in [0.25, 0.3) is 24.7 Å². The largest absolute Gasteiger partial charge is 1.00 e. The minimum Gasteiger partial charge on any atom is -0.870 e. The van der Waals surface area contributed by atoms with Crippen LogP contribution in [0.1, 0.15) is 183 Å². The number of esters is 1. The molecule has 2 atom stereocenters. The topological polar surface area (TPSA) is 324 Å². The van der Waals surface area contributed by atoms with Crippen molar-refractivity contribution in [2.24, 2.45) is 23.7 Å². The summed E-state index contributed by atoms with van der Waals surface area (Å²) in [5, 5.41) is 22.2. The molecule has 4 aliphatic carbocycles. The van der Waals surface area contributed by atoms with Gasteiger partial charge in [0.15, 0.2) is 22.8 Å². The molecule has 0 aromatic carbocycles. The van der Waals surface area contributed by atoms with Gasteiger partial charge < -0.3 is 44.3 Å². The molecule has 2 unspecified atom stereocenters. The smallest absolute Gasteiger partial charge is 0.870 e. The molecule has 25 nitrogen and oxygen atoms in total. The number of carbonyl (C=O) groups is 6. The minimum atomic E-state index is -2.95. The van der Waals surface area contributed by atoms with E-state index < -0.39 is 71.3 Å². The molecule has 33 heteroatoms. The van der Waals surface area contributed by atoms with E-state index in [0.29, 0.717) is 106 Å². The predicted octanol–water partition coefficient (Wildman–Crippen LogP) is 9.60. The number of aromatic nitrogens is 8. The van der Waals surface area contributed by atoms with Gasteiger partial charge in [-0.15, -0.1) is 0 Å². The van der Waals surface area contributed by atoms with Crippen molar-refractivity contribution in [1.82, 2.24) is 39.5 Å². The Morgan fingerprint density at radius 1 is 0.656 bits per heavy atom. The summed E-state index contributed by atoms with van der Waals surface area (Å²) < 4.78 is 91.3. The van der Waals surface area contributed by atoms with Crippen LogP contribution in [-0.2, 0) is 23.8 Å². The van der Waals surface area contributed by atoms with Crippen LogP contribution in [0.2, 0.25) is 0 Å². The predicted molar refractivity (Wildman–Crippen MR) is 333 cm³/mol. The Morgan fingerprint density at radius 2 is 1.03 bits per heavy atom. The van der Waals surface area contributed by atoms with Crippen molar-refractivity contribution in [3.05, 3.63) is 84.4 Å². The maximum Gasteiger partial charge on any atom is 1.00 e. The number of oxazole rings is 2. The Balaban J connectivity index is 0.000000375. The number of nitrogens with zero attached hydrogens (tertiary/aromatic N) is 10. The van der Waals surface area contributed by atoms with Gasteiger partial charge in [-0.05, 0) is 162 Å². The van der Waals surface area contributed by atoms with Crippen molar-refractivity contribution in [1.29, 1.82) is 1.28 Å². The van der Waals surface area contributed by atoms with Crippen LogP contribution in [0.25, 0.3) is 22.9 Å². The third kappa shape index (κ3) is 21.6. The Hall–Kier alpha value is -6.25. The third-order valence-corrected chi connectivity index (χ3v) is 15.1. The second-order valence-electron chi connectivity index (χ2n) is 24.4. The van der Waals surface area contributed by atoms with Gasteiger partial charge in [0.1, 0.15) is 35.4 Å². The molecular weight excluding hydrogens is 1480 g/mol. The Kier molecular flexibility index (Phi) is 28.7. The maximum atomic E-state index is 13.9. The molecule has 10 rings (SSSR count). The molecule has 6 aromatic rings. The van der Waals surface area contributed by atoms with Crippen LogP contribution in [0, 0.1) is 54.8 Å². The summed E-state index contributed by atoms with van der Waals surface area (Å²) in [5.74, 6) is -1.75. The molecule has 500 valence electrons. The summed E-state index contributed by atoms with van der Waals surface area (Å²) in [4.78, 5) is 95.5. The van der Waals surface area contributed by atoms with E-state index in [-0.39, 0.29) is 124 Å². The Labute approximate surface area is 578 Å². The van der Waals surface area contributed by atoms with Crippen LogP contribution in [0.4, 0.5) is 50.2 Å². The zero-order valence-corrected chi connectivity index (χ0v) is 59.9. The number of carboxylic acids is 1. The first kappa shape index (κ1) is 77.5. The van der Waals surface area contributed by atoms with Gasteiger partial charge in [0.05, 0.1) is 43.2 Å². The van der Waals surface area contributed by atoms with Gasteiger partial charge in [0.2, 0.25) is 11.8 Å². The normalized spacial score (nSPS) is 17.7. The van der Waals surface area contributed by atoms with E-state index in [4.69, 9.17) is 24.3 Å². The van der Waals surface area contributed by atoms with Gasteiger partial charge >= 0.3 is 43.0 Å². The van der Waals surface area contributed by atoms with Gasteiger partial charge in [-0.2, -0.15) is 29.9 Å². The van der Waals surface area contributed by atoms with E-state index >= 15 is 0 Å². The number of anilines is 4. The fraction of sp³-hybridized carbons (Fsp3) is 0.533. The SMILES string of the molecule is CC(C)(C)OC(=O)N(CC1CC1)c1cc(-c2nc(C(=O)Nc3cn(C4CCC(C(=O)O)CC4)nc3C(F)F)co2)ccn1.CCOC(=O)C1CCC(n2cc(NC(=O)c3coc(-c4ccnc(N(CC5CC5)C(=O)OC(C)(C)C)c4)n3)c(C(F)F)n2)CC1.P.[3H]P.[Li+].[OH-].[U]. The molecule has 93 heavy (non-hydrogen) atoms. The number of pyridine rings is 2. The minimum absolute atomic E-state index is 0. The standard InChI is InChI=1S/C31H38F2N6O6.C29H34F2N6O6.Li.H2O.2H3P.U/c1-5-43-29(41)19-8-10-21(11-9-19)39-16-22(25(37-39)26(32)33)35-27(40)23-17-44-28(36-23)20-12-13-34-24(14-20)38(15-18-6-7-18)30(42)45-31(2,3)4;1-29(2,3)43-28(41)36(13-16-4-5-16)22-12-18(10-11-32-22)26-34-21(15-42-26)25(38)33-20-14-37(35-23(20)24(30)31)19-8-6-17(7-9-19)27(39)40;;;;;/h12-14,16-19,21,26H,5-11,15H2,1-4H3,(H,35,40);10-12,14-17,19,24H,4-9,13H2,1-3H3,(H,33,38)(H,39,40);;1H2;2*1H3;/q;;+1;;;;/p-1/i;;;;1T;;. The van der Waals surface area contributed by atoms with E-state index in [1.165, 1.54) is 44.0 Å². The number of hydrogen-bond donors (Lipinski definition) is 3. The molecule has 6 heterocycles. The molecule has 6 aromatic heterocycles. The van der Waals surface area contributed by atoms with Crippen molar-refractivity contribution in [3.63, 3.8) is 0 Å². The number of carbonyl (C=O) groups excluding carboxylic acids is 5. The van der Waals surface area contributed by atoms with Gasteiger partial charge in [-0.1, -0.05) is 0 Å². The number of rotatable bonds is 19.